The van der Waals surface area contributed by atoms with Crippen molar-refractivity contribution in [3.8, 4) is 5.75 Å². The van der Waals surface area contributed by atoms with Gasteiger partial charge in [-0.2, -0.15) is 0 Å². The highest BCUT2D eigenvalue weighted by molar-refractivity contribution is 5.72. The molecule has 0 bridgehead atoms. The molecule has 1 aromatic carbocycles. The fourth-order valence-electron chi connectivity index (χ4n) is 2.45. The number of ether oxygens (including phenoxy) is 1. The Labute approximate surface area is 121 Å². The van der Waals surface area contributed by atoms with Crippen molar-refractivity contribution in [1.29, 1.82) is 0 Å². The van der Waals surface area contributed by atoms with E-state index in [-0.39, 0.29) is 6.61 Å². The Kier molecular flexibility index (Phi) is 4.44. The summed E-state index contributed by atoms with van der Waals surface area (Å²) >= 11 is 0. The molecule has 2 unspecified atom stereocenters. The summed E-state index contributed by atoms with van der Waals surface area (Å²) in [5, 5.41) is 28.2. The Bertz CT molecular complexity index is 542. The number of aliphatic hydroxyl groups is 1. The Morgan fingerprint density at radius 3 is 2.48 bits per heavy atom. The lowest BCUT2D eigenvalue weighted by Gasteiger charge is -2.36. The molecule has 2 atom stereocenters. The second-order valence-corrected chi connectivity index (χ2v) is 5.06. The maximum Gasteiger partial charge on any atom is 0.317 e. The van der Waals surface area contributed by atoms with Crippen molar-refractivity contribution in [3.05, 3.63) is 29.3 Å². The predicted molar refractivity (Wildman–Crippen MR) is 72.3 cm³/mol. The monoisotopic (exact) mass is 295 g/mol. The van der Waals surface area contributed by atoms with E-state index in [1.807, 2.05) is 13.0 Å². The third kappa shape index (κ3) is 3.50. The summed E-state index contributed by atoms with van der Waals surface area (Å²) in [7, 11) is 0. The minimum Gasteiger partial charge on any atom is -0.491 e. The molecule has 0 saturated carbocycles. The maximum atomic E-state index is 10.9. The van der Waals surface area contributed by atoms with Gasteiger partial charge in [0.05, 0.1) is 19.1 Å². The summed E-state index contributed by atoms with van der Waals surface area (Å²) in [6, 6.07) is 4.62. The van der Waals surface area contributed by atoms with Gasteiger partial charge in [0.15, 0.2) is 0 Å². The normalized spacial score (nSPS) is 20.7. The van der Waals surface area contributed by atoms with Crippen LogP contribution < -0.4 is 4.74 Å². The lowest BCUT2D eigenvalue weighted by molar-refractivity contribution is -0.144. The molecule has 0 fully saturated rings. The summed E-state index contributed by atoms with van der Waals surface area (Å²) in [5.41, 5.74) is 1.48. The van der Waals surface area contributed by atoms with Crippen molar-refractivity contribution < 1.29 is 29.6 Å². The van der Waals surface area contributed by atoms with Crippen molar-refractivity contribution in [3.63, 3.8) is 0 Å². The number of rotatable bonds is 5. The number of carbonyl (C=O) groups is 2. The van der Waals surface area contributed by atoms with Crippen molar-refractivity contribution >= 4 is 11.9 Å². The van der Waals surface area contributed by atoms with Gasteiger partial charge in [0.2, 0.25) is 0 Å². The number of hydrogen-bond acceptors (Lipinski definition) is 5. The van der Waals surface area contributed by atoms with Crippen LogP contribution in [0.5, 0.6) is 5.75 Å². The van der Waals surface area contributed by atoms with E-state index in [0.717, 1.165) is 5.56 Å². The molecule has 7 heteroatoms. The Morgan fingerprint density at radius 1 is 1.29 bits per heavy atom. The van der Waals surface area contributed by atoms with Crippen LogP contribution in [0.25, 0.3) is 0 Å². The molecule has 1 heterocycles. The number of carboxylic acids is 2. The highest BCUT2D eigenvalue weighted by Gasteiger charge is 2.35. The number of hydrogen-bond donors (Lipinski definition) is 3. The van der Waals surface area contributed by atoms with Crippen LogP contribution in [-0.2, 0) is 9.59 Å². The largest absolute Gasteiger partial charge is 0.491 e. The first-order valence-corrected chi connectivity index (χ1v) is 6.47. The molecule has 0 spiro atoms. The van der Waals surface area contributed by atoms with Gasteiger partial charge in [-0.25, -0.2) is 0 Å². The molecule has 0 amide bonds. The van der Waals surface area contributed by atoms with Crippen LogP contribution in [-0.4, -0.2) is 57.9 Å². The molecular formula is C14H17NO6. The van der Waals surface area contributed by atoms with E-state index in [2.05, 4.69) is 0 Å². The van der Waals surface area contributed by atoms with Crippen molar-refractivity contribution in [2.45, 2.75) is 19.1 Å². The van der Waals surface area contributed by atoms with Crippen molar-refractivity contribution in [2.75, 3.05) is 19.7 Å². The van der Waals surface area contributed by atoms with Gasteiger partial charge in [-0.15, -0.1) is 0 Å². The molecule has 0 aliphatic carbocycles. The standard InChI is InChI=1S/C14H17NO6/c1-8-2-3-11-9(4-8)14(20)10(7-21-11)15(5-12(16)17)6-13(18)19/h2-4,10,14,20H,5-7H2,1H3,(H,16,17)(H,18,19). The van der Waals surface area contributed by atoms with Crippen LogP contribution >= 0.6 is 0 Å². The molecule has 7 nitrogen and oxygen atoms in total. The maximum absolute atomic E-state index is 10.9. The van der Waals surface area contributed by atoms with E-state index in [1.54, 1.807) is 12.1 Å². The zero-order valence-corrected chi connectivity index (χ0v) is 11.5. The number of fused-ring (bicyclic) bond motifs is 1. The molecule has 114 valence electrons. The van der Waals surface area contributed by atoms with E-state index in [1.165, 1.54) is 4.90 Å². The van der Waals surface area contributed by atoms with Crippen LogP contribution in [0.2, 0.25) is 0 Å². The van der Waals surface area contributed by atoms with Gasteiger partial charge in [0, 0.05) is 5.56 Å². The number of carboxylic acid groups (broad SMARTS) is 2. The number of aryl methyl sites for hydroxylation is 1. The van der Waals surface area contributed by atoms with Gasteiger partial charge >= 0.3 is 11.9 Å². The lowest BCUT2D eigenvalue weighted by atomic mass is 9.96. The quantitative estimate of drug-likeness (QED) is 0.715. The van der Waals surface area contributed by atoms with E-state index in [4.69, 9.17) is 14.9 Å². The van der Waals surface area contributed by atoms with E-state index >= 15 is 0 Å². The molecule has 0 aromatic heterocycles. The molecule has 1 aliphatic rings. The summed E-state index contributed by atoms with van der Waals surface area (Å²) in [5.74, 6) is -1.77. The number of aliphatic hydroxyl groups excluding tert-OH is 1. The molecule has 1 aliphatic heterocycles. The van der Waals surface area contributed by atoms with Crippen LogP contribution in [0.15, 0.2) is 18.2 Å². The summed E-state index contributed by atoms with van der Waals surface area (Å²) < 4.78 is 5.52. The summed E-state index contributed by atoms with van der Waals surface area (Å²) in [4.78, 5) is 23.0. The van der Waals surface area contributed by atoms with Gasteiger partial charge in [0.25, 0.3) is 0 Å². The molecular weight excluding hydrogens is 278 g/mol. The minimum atomic E-state index is -1.15. The second kappa shape index (κ2) is 6.11. The zero-order chi connectivity index (χ0) is 15.6. The third-order valence-electron chi connectivity index (χ3n) is 3.40. The molecule has 0 radical (unpaired) electrons. The van der Waals surface area contributed by atoms with E-state index < -0.39 is 37.2 Å². The first-order chi connectivity index (χ1) is 9.88. The average molecular weight is 295 g/mol. The second-order valence-electron chi connectivity index (χ2n) is 5.06. The molecule has 3 N–H and O–H groups in total. The van der Waals surface area contributed by atoms with Gasteiger partial charge < -0.3 is 20.1 Å². The van der Waals surface area contributed by atoms with Crippen LogP contribution in [0.4, 0.5) is 0 Å². The first kappa shape index (κ1) is 15.3. The van der Waals surface area contributed by atoms with E-state index in [0.29, 0.717) is 11.3 Å². The van der Waals surface area contributed by atoms with Gasteiger partial charge in [-0.1, -0.05) is 11.6 Å². The van der Waals surface area contributed by atoms with Gasteiger partial charge in [-0.3, -0.25) is 14.5 Å². The lowest BCUT2D eigenvalue weighted by Crippen LogP contribution is -2.49. The van der Waals surface area contributed by atoms with Crippen LogP contribution in [0.1, 0.15) is 17.2 Å². The molecule has 21 heavy (non-hydrogen) atoms. The number of nitrogens with zero attached hydrogens (tertiary/aromatic N) is 1. The van der Waals surface area contributed by atoms with Crippen LogP contribution in [0.3, 0.4) is 0 Å². The number of aliphatic carboxylic acids is 2. The highest BCUT2D eigenvalue weighted by atomic mass is 16.5. The van der Waals surface area contributed by atoms with Gasteiger partial charge in [0.1, 0.15) is 18.5 Å². The average Bonchev–Trinajstić information content (AvgIpc) is 2.38. The molecule has 1 aromatic rings. The summed E-state index contributed by atoms with van der Waals surface area (Å²) in [6.45, 7) is 0.956. The van der Waals surface area contributed by atoms with Crippen LogP contribution in [0, 0.1) is 6.92 Å². The SMILES string of the molecule is Cc1ccc2c(c1)C(O)C(N(CC(=O)O)CC(=O)O)CO2. The predicted octanol–water partition coefficient (Wildman–Crippen LogP) is 0.261. The fraction of sp³-hybridized carbons (Fsp3) is 0.429. The molecule has 0 saturated heterocycles. The topological polar surface area (TPSA) is 107 Å². The minimum absolute atomic E-state index is 0.0395. The highest BCUT2D eigenvalue weighted by Crippen LogP contribution is 2.34. The van der Waals surface area contributed by atoms with Crippen molar-refractivity contribution in [2.24, 2.45) is 0 Å². The molecule has 2 rings (SSSR count). The third-order valence-corrected chi connectivity index (χ3v) is 3.40. The zero-order valence-electron chi connectivity index (χ0n) is 11.5. The number of benzene rings is 1. The van der Waals surface area contributed by atoms with E-state index in [9.17, 15) is 14.7 Å². The van der Waals surface area contributed by atoms with Crippen molar-refractivity contribution in [1.82, 2.24) is 4.90 Å². The first-order valence-electron chi connectivity index (χ1n) is 6.47. The smallest absolute Gasteiger partial charge is 0.317 e. The Hall–Kier alpha value is -2.12. The van der Waals surface area contributed by atoms with Gasteiger partial charge in [-0.05, 0) is 19.1 Å². The fourth-order valence-corrected chi connectivity index (χ4v) is 2.45. The Morgan fingerprint density at radius 2 is 1.90 bits per heavy atom. The summed E-state index contributed by atoms with van der Waals surface area (Å²) in [6.07, 6.45) is -0.993. The Balaban J connectivity index is 2.26.